The first-order valence-electron chi connectivity index (χ1n) is 20.9. The van der Waals surface area contributed by atoms with Gasteiger partial charge in [0.1, 0.15) is 0 Å². The molecule has 0 aromatic rings. The van der Waals surface area contributed by atoms with Gasteiger partial charge in [0.25, 0.3) is 0 Å². The van der Waals surface area contributed by atoms with Crippen LogP contribution in [0.5, 0.6) is 0 Å². The number of rotatable bonds is 32. The fourth-order valence-corrected chi connectivity index (χ4v) is 7.26. The summed E-state index contributed by atoms with van der Waals surface area (Å²) in [5.41, 5.74) is 0. The molecule has 2 fully saturated rings. The van der Waals surface area contributed by atoms with E-state index >= 15 is 0 Å². The monoisotopic (exact) mass is 670 g/mol. The Labute approximate surface area is 299 Å². The van der Waals surface area contributed by atoms with Crippen molar-refractivity contribution < 1.29 is 14.3 Å². The van der Waals surface area contributed by atoms with E-state index in [1.807, 2.05) is 19.2 Å². The molecule has 0 bridgehead atoms. The lowest BCUT2D eigenvalue weighted by Crippen LogP contribution is -2.33. The van der Waals surface area contributed by atoms with E-state index in [1.54, 1.807) is 0 Å². The summed E-state index contributed by atoms with van der Waals surface area (Å²) in [6.45, 7) is 4.54. The van der Waals surface area contributed by atoms with Crippen LogP contribution in [0.15, 0.2) is 48.6 Å². The summed E-state index contributed by atoms with van der Waals surface area (Å²) in [7, 11) is 3.94. The fourth-order valence-electron chi connectivity index (χ4n) is 7.26. The number of fused-ring (bicyclic) bond motifs is 1. The smallest absolute Gasteiger partial charge is 0.169 e. The molecule has 48 heavy (non-hydrogen) atoms. The van der Waals surface area contributed by atoms with Crippen molar-refractivity contribution in [3.8, 4) is 0 Å². The fraction of sp³-hybridized carbons (Fsp3) is 0.818. The molecule has 0 N–H and O–H groups in total. The third-order valence-electron chi connectivity index (χ3n) is 10.0. The van der Waals surface area contributed by atoms with Crippen molar-refractivity contribution >= 4 is 0 Å². The number of hydrogen-bond acceptors (Lipinski definition) is 4. The van der Waals surface area contributed by atoms with Crippen molar-refractivity contribution in [2.75, 3.05) is 14.1 Å². The molecule has 0 aromatic heterocycles. The standard InChI is InChI=1S/C44H79NO3/c1-5-7-9-11-13-15-17-19-21-23-25-27-29-31-33-35-37-44(46-42-39-41(48-45(3)4)40-43(42)47-44)38-36-34-32-30-28-26-24-22-20-18-16-14-12-10-8-6-2/h13-16,19-22,41-43H,5-12,17-18,23-40H2,1-4H3/b15-13-,16-14-,21-19-,22-20-/t42-,43-/m1/s1. The molecule has 4 heteroatoms. The van der Waals surface area contributed by atoms with Gasteiger partial charge < -0.3 is 9.47 Å². The molecule has 1 saturated heterocycles. The number of nitrogens with zero attached hydrogens (tertiary/aromatic N) is 1. The quantitative estimate of drug-likeness (QED) is 0.0405. The van der Waals surface area contributed by atoms with Gasteiger partial charge in [-0.2, -0.15) is 5.06 Å². The van der Waals surface area contributed by atoms with E-state index in [4.69, 9.17) is 14.3 Å². The lowest BCUT2D eigenvalue weighted by molar-refractivity contribution is -0.213. The predicted molar refractivity (Wildman–Crippen MR) is 208 cm³/mol. The van der Waals surface area contributed by atoms with Crippen molar-refractivity contribution in [1.82, 2.24) is 5.06 Å². The van der Waals surface area contributed by atoms with Gasteiger partial charge in [0.05, 0.1) is 18.3 Å². The van der Waals surface area contributed by atoms with E-state index in [-0.39, 0.29) is 24.1 Å². The molecule has 4 nitrogen and oxygen atoms in total. The molecule has 0 aromatic carbocycles. The molecular formula is C44H79NO3. The molecule has 2 rings (SSSR count). The first-order valence-corrected chi connectivity index (χ1v) is 20.9. The average molecular weight is 670 g/mol. The van der Waals surface area contributed by atoms with E-state index in [9.17, 15) is 0 Å². The summed E-state index contributed by atoms with van der Waals surface area (Å²) in [6.07, 6.45) is 54.3. The zero-order valence-electron chi connectivity index (χ0n) is 32.3. The van der Waals surface area contributed by atoms with Crippen LogP contribution in [0.2, 0.25) is 0 Å². The van der Waals surface area contributed by atoms with Crippen molar-refractivity contribution in [2.24, 2.45) is 0 Å². The Morgan fingerprint density at radius 3 is 1.23 bits per heavy atom. The average Bonchev–Trinajstić information content (AvgIpc) is 3.59. The Morgan fingerprint density at radius 2 is 0.854 bits per heavy atom. The SMILES string of the molecule is CCCCC/C=C\C/C=C\CCCCCCCCC1(CCCCCCCC/C=C\C/C=C\CCCCC)O[C@@H]2CC(ON(C)C)C[C@H]2O1. The van der Waals surface area contributed by atoms with E-state index in [2.05, 4.69) is 62.5 Å². The Balaban J connectivity index is 1.57. The van der Waals surface area contributed by atoms with Crippen LogP contribution in [0, 0.1) is 0 Å². The molecule has 1 saturated carbocycles. The highest BCUT2D eigenvalue weighted by molar-refractivity contribution is 4.95. The summed E-state index contributed by atoms with van der Waals surface area (Å²) < 4.78 is 13.6. The van der Waals surface area contributed by atoms with Gasteiger partial charge in [0.15, 0.2) is 5.79 Å². The zero-order valence-corrected chi connectivity index (χ0v) is 32.3. The molecule has 1 aliphatic carbocycles. The molecule has 2 aliphatic rings. The molecular weight excluding hydrogens is 590 g/mol. The van der Waals surface area contributed by atoms with Crippen LogP contribution in [-0.4, -0.2) is 43.3 Å². The zero-order chi connectivity index (χ0) is 34.4. The molecule has 1 aliphatic heterocycles. The minimum Gasteiger partial charge on any atom is -0.344 e. The minimum absolute atomic E-state index is 0.198. The van der Waals surface area contributed by atoms with Gasteiger partial charge in [0, 0.05) is 39.8 Å². The lowest BCUT2D eigenvalue weighted by atomic mass is 9.98. The largest absolute Gasteiger partial charge is 0.344 e. The Bertz CT molecular complexity index is 782. The molecule has 1 heterocycles. The van der Waals surface area contributed by atoms with Gasteiger partial charge >= 0.3 is 0 Å². The first kappa shape index (κ1) is 43.0. The Hall–Kier alpha value is -1.20. The summed E-state index contributed by atoms with van der Waals surface area (Å²) in [6, 6.07) is 0. The van der Waals surface area contributed by atoms with Crippen LogP contribution in [-0.2, 0) is 14.3 Å². The Kier molecular flexibility index (Phi) is 26.4. The van der Waals surface area contributed by atoms with Gasteiger partial charge in [-0.15, -0.1) is 0 Å². The molecule has 0 unspecified atom stereocenters. The highest BCUT2D eigenvalue weighted by atomic mass is 16.8. The number of hydrogen-bond donors (Lipinski definition) is 0. The number of ether oxygens (including phenoxy) is 2. The summed E-state index contributed by atoms with van der Waals surface area (Å²) in [5, 5.41) is 1.83. The molecule has 0 spiro atoms. The second-order valence-electron chi connectivity index (χ2n) is 14.9. The Morgan fingerprint density at radius 1 is 0.500 bits per heavy atom. The molecule has 0 amide bonds. The van der Waals surface area contributed by atoms with Crippen LogP contribution < -0.4 is 0 Å². The molecule has 278 valence electrons. The van der Waals surface area contributed by atoms with E-state index < -0.39 is 0 Å². The maximum Gasteiger partial charge on any atom is 0.169 e. The highest BCUT2D eigenvalue weighted by Crippen LogP contribution is 2.44. The van der Waals surface area contributed by atoms with Crippen molar-refractivity contribution in [1.29, 1.82) is 0 Å². The molecule has 0 radical (unpaired) electrons. The van der Waals surface area contributed by atoms with Crippen LogP contribution in [0.25, 0.3) is 0 Å². The van der Waals surface area contributed by atoms with E-state index in [0.29, 0.717) is 0 Å². The normalized spacial score (nSPS) is 19.9. The first-order chi connectivity index (χ1) is 23.6. The number of hydroxylamine groups is 2. The predicted octanol–water partition coefficient (Wildman–Crippen LogP) is 13.5. The summed E-state index contributed by atoms with van der Waals surface area (Å²) >= 11 is 0. The third kappa shape index (κ3) is 21.8. The maximum atomic E-state index is 6.79. The van der Waals surface area contributed by atoms with Crippen molar-refractivity contribution in [2.45, 2.75) is 218 Å². The summed E-state index contributed by atoms with van der Waals surface area (Å²) in [5.74, 6) is -0.358. The van der Waals surface area contributed by atoms with Crippen LogP contribution in [0.1, 0.15) is 194 Å². The van der Waals surface area contributed by atoms with Crippen molar-refractivity contribution in [3.63, 3.8) is 0 Å². The van der Waals surface area contributed by atoms with Gasteiger partial charge in [0.2, 0.25) is 0 Å². The topological polar surface area (TPSA) is 30.9 Å². The van der Waals surface area contributed by atoms with Crippen LogP contribution >= 0.6 is 0 Å². The van der Waals surface area contributed by atoms with E-state index in [1.165, 1.54) is 141 Å². The molecule has 2 atom stereocenters. The maximum absolute atomic E-state index is 6.79. The van der Waals surface area contributed by atoms with Crippen LogP contribution in [0.4, 0.5) is 0 Å². The van der Waals surface area contributed by atoms with E-state index in [0.717, 1.165) is 38.5 Å². The van der Waals surface area contributed by atoms with Crippen LogP contribution in [0.3, 0.4) is 0 Å². The van der Waals surface area contributed by atoms with Gasteiger partial charge in [-0.05, 0) is 77.0 Å². The highest BCUT2D eigenvalue weighted by Gasteiger charge is 2.51. The second kappa shape index (κ2) is 29.5. The van der Waals surface area contributed by atoms with Gasteiger partial charge in [-0.3, -0.25) is 4.84 Å². The van der Waals surface area contributed by atoms with Gasteiger partial charge in [-0.1, -0.05) is 140 Å². The second-order valence-corrected chi connectivity index (χ2v) is 14.9. The van der Waals surface area contributed by atoms with Crippen molar-refractivity contribution in [3.05, 3.63) is 48.6 Å². The third-order valence-corrected chi connectivity index (χ3v) is 10.0. The summed E-state index contributed by atoms with van der Waals surface area (Å²) in [4.78, 5) is 5.96. The van der Waals surface area contributed by atoms with Gasteiger partial charge in [-0.25, -0.2) is 0 Å². The lowest BCUT2D eigenvalue weighted by Gasteiger charge is -2.30. The minimum atomic E-state index is -0.358. The number of unbranched alkanes of at least 4 members (excludes halogenated alkanes) is 18. The number of allylic oxidation sites excluding steroid dienone is 8.